The van der Waals surface area contributed by atoms with E-state index in [9.17, 15) is 20.0 Å². The lowest BCUT2D eigenvalue weighted by Gasteiger charge is -2.39. The standard InChI is InChI=1S/C19H27N3O6/c1-27-18-13-16(14(6-10-23)12-17(18)22(25)26)20-8-4-15(5-9-20)21-7-2-3-11-28-19(21)24/h12-13,15,23H,2-11H2,1H3. The van der Waals surface area contributed by atoms with Crippen LogP contribution >= 0.6 is 0 Å². The largest absolute Gasteiger partial charge is 0.490 e. The van der Waals surface area contributed by atoms with Gasteiger partial charge in [-0.1, -0.05) is 0 Å². The van der Waals surface area contributed by atoms with E-state index in [1.54, 1.807) is 6.07 Å². The average Bonchev–Trinajstić information content (AvgIpc) is 2.92. The molecule has 2 heterocycles. The number of cyclic esters (lactones) is 1. The van der Waals surface area contributed by atoms with E-state index in [0.29, 0.717) is 26.1 Å². The minimum absolute atomic E-state index is 0.0907. The minimum Gasteiger partial charge on any atom is -0.490 e. The minimum atomic E-state index is -0.472. The van der Waals surface area contributed by atoms with Crippen LogP contribution in [0.3, 0.4) is 0 Å². The van der Waals surface area contributed by atoms with Gasteiger partial charge in [0.25, 0.3) is 0 Å². The molecule has 0 spiro atoms. The number of nitrogens with zero attached hydrogens (tertiary/aromatic N) is 3. The van der Waals surface area contributed by atoms with E-state index in [-0.39, 0.29) is 30.2 Å². The lowest BCUT2D eigenvalue weighted by Crippen LogP contribution is -2.47. The number of hydrogen-bond acceptors (Lipinski definition) is 7. The summed E-state index contributed by atoms with van der Waals surface area (Å²) in [5.74, 6) is 0.208. The molecule has 9 nitrogen and oxygen atoms in total. The second-order valence-electron chi connectivity index (χ2n) is 7.12. The van der Waals surface area contributed by atoms with Crippen molar-refractivity contribution in [2.45, 2.75) is 38.1 Å². The van der Waals surface area contributed by atoms with Crippen LogP contribution in [0, 0.1) is 10.1 Å². The molecule has 0 bridgehead atoms. The first-order valence-electron chi connectivity index (χ1n) is 9.69. The summed E-state index contributed by atoms with van der Waals surface area (Å²) in [4.78, 5) is 27.0. The molecule has 3 rings (SSSR count). The van der Waals surface area contributed by atoms with E-state index >= 15 is 0 Å². The number of piperidine rings is 1. The molecule has 1 aromatic carbocycles. The fraction of sp³-hybridized carbons (Fsp3) is 0.632. The molecule has 2 saturated heterocycles. The van der Waals surface area contributed by atoms with Crippen LogP contribution in [0.15, 0.2) is 12.1 Å². The zero-order chi connectivity index (χ0) is 20.1. The SMILES string of the molecule is COc1cc(N2CCC(N3CCCCOC3=O)CC2)c(CCO)cc1[N+](=O)[O-]. The van der Waals surface area contributed by atoms with Crippen molar-refractivity contribution in [2.24, 2.45) is 0 Å². The second kappa shape index (κ2) is 9.09. The summed E-state index contributed by atoms with van der Waals surface area (Å²) in [6, 6.07) is 3.31. The number of carbonyl (C=O) groups excluding carboxylic acids is 1. The molecule has 0 aromatic heterocycles. The number of aliphatic hydroxyl groups is 1. The first kappa shape index (κ1) is 20.2. The first-order valence-corrected chi connectivity index (χ1v) is 9.69. The molecule has 0 atom stereocenters. The Morgan fingerprint density at radius 3 is 2.68 bits per heavy atom. The molecule has 1 N–H and O–H groups in total. The van der Waals surface area contributed by atoms with Crippen molar-refractivity contribution in [3.8, 4) is 5.75 Å². The van der Waals surface area contributed by atoms with Crippen molar-refractivity contribution in [2.75, 3.05) is 44.9 Å². The smallest absolute Gasteiger partial charge is 0.410 e. The summed E-state index contributed by atoms with van der Waals surface area (Å²) in [5.41, 5.74) is 1.47. The fourth-order valence-electron chi connectivity index (χ4n) is 3.99. The van der Waals surface area contributed by atoms with Gasteiger partial charge >= 0.3 is 11.8 Å². The Hall–Kier alpha value is -2.55. The maximum atomic E-state index is 12.2. The molecule has 28 heavy (non-hydrogen) atoms. The van der Waals surface area contributed by atoms with Gasteiger partial charge in [-0.25, -0.2) is 4.79 Å². The summed E-state index contributed by atoms with van der Waals surface area (Å²) in [7, 11) is 1.41. The molecule has 0 saturated carbocycles. The van der Waals surface area contributed by atoms with Gasteiger partial charge in [-0.3, -0.25) is 10.1 Å². The number of benzene rings is 1. The maximum absolute atomic E-state index is 12.2. The number of ether oxygens (including phenoxy) is 2. The molecule has 154 valence electrons. The molecule has 9 heteroatoms. The highest BCUT2D eigenvalue weighted by Crippen LogP contribution is 2.36. The molecular formula is C19H27N3O6. The number of amides is 1. The Bertz CT molecular complexity index is 718. The molecular weight excluding hydrogens is 366 g/mol. The summed E-state index contributed by atoms with van der Waals surface area (Å²) in [5, 5.41) is 20.7. The van der Waals surface area contributed by atoms with E-state index in [0.717, 1.165) is 43.5 Å². The maximum Gasteiger partial charge on any atom is 0.410 e. The molecule has 0 unspecified atom stereocenters. The van der Waals surface area contributed by atoms with Gasteiger partial charge in [-0.05, 0) is 37.7 Å². The van der Waals surface area contributed by atoms with Gasteiger partial charge < -0.3 is 24.4 Å². The van der Waals surface area contributed by atoms with Crippen molar-refractivity contribution in [3.05, 3.63) is 27.8 Å². The van der Waals surface area contributed by atoms with Crippen molar-refractivity contribution < 1.29 is 24.3 Å². The first-order chi connectivity index (χ1) is 13.5. The van der Waals surface area contributed by atoms with Gasteiger partial charge in [0.05, 0.1) is 18.6 Å². The summed E-state index contributed by atoms with van der Waals surface area (Å²) in [6.07, 6.45) is 3.55. The lowest BCUT2D eigenvalue weighted by atomic mass is 10.00. The van der Waals surface area contributed by atoms with Crippen LogP contribution in [0.4, 0.5) is 16.2 Å². The summed E-state index contributed by atoms with van der Waals surface area (Å²) in [6.45, 7) is 2.56. The second-order valence-corrected chi connectivity index (χ2v) is 7.12. The number of hydrogen-bond donors (Lipinski definition) is 1. The normalized spacial score (nSPS) is 18.6. The topological polar surface area (TPSA) is 105 Å². The van der Waals surface area contributed by atoms with Crippen molar-refractivity contribution >= 4 is 17.5 Å². The number of nitro benzene ring substituents is 1. The van der Waals surface area contributed by atoms with E-state index < -0.39 is 4.92 Å². The van der Waals surface area contributed by atoms with Gasteiger partial charge in [-0.2, -0.15) is 0 Å². The zero-order valence-electron chi connectivity index (χ0n) is 16.1. The highest BCUT2D eigenvalue weighted by molar-refractivity contribution is 5.68. The third-order valence-electron chi connectivity index (χ3n) is 5.46. The molecule has 0 radical (unpaired) electrons. The summed E-state index contributed by atoms with van der Waals surface area (Å²) < 4.78 is 10.5. The number of anilines is 1. The fourth-order valence-corrected chi connectivity index (χ4v) is 3.99. The monoisotopic (exact) mass is 393 g/mol. The van der Waals surface area contributed by atoms with E-state index in [1.165, 1.54) is 13.2 Å². The van der Waals surface area contributed by atoms with Gasteiger partial charge in [0.2, 0.25) is 0 Å². The van der Waals surface area contributed by atoms with Crippen LogP contribution < -0.4 is 9.64 Å². The van der Waals surface area contributed by atoms with Gasteiger partial charge in [0, 0.05) is 50.1 Å². The lowest BCUT2D eigenvalue weighted by molar-refractivity contribution is -0.385. The Morgan fingerprint density at radius 1 is 1.29 bits per heavy atom. The molecule has 2 aliphatic rings. The van der Waals surface area contributed by atoms with Crippen molar-refractivity contribution in [1.29, 1.82) is 0 Å². The highest BCUT2D eigenvalue weighted by Gasteiger charge is 2.31. The third-order valence-corrected chi connectivity index (χ3v) is 5.46. The zero-order valence-corrected chi connectivity index (χ0v) is 16.1. The van der Waals surface area contributed by atoms with Crippen LogP contribution in [0.1, 0.15) is 31.2 Å². The van der Waals surface area contributed by atoms with E-state index in [2.05, 4.69) is 4.90 Å². The molecule has 1 amide bonds. The van der Waals surface area contributed by atoms with Crippen LogP contribution in [-0.4, -0.2) is 67.0 Å². The van der Waals surface area contributed by atoms with Gasteiger partial charge in [-0.15, -0.1) is 0 Å². The Balaban J connectivity index is 1.77. The van der Waals surface area contributed by atoms with Crippen molar-refractivity contribution in [3.63, 3.8) is 0 Å². The predicted molar refractivity (Wildman–Crippen MR) is 103 cm³/mol. The number of rotatable bonds is 6. The molecule has 2 fully saturated rings. The number of methoxy groups -OCH3 is 1. The average molecular weight is 393 g/mol. The van der Waals surface area contributed by atoms with Crippen LogP contribution in [0.5, 0.6) is 5.75 Å². The number of carbonyl (C=O) groups is 1. The van der Waals surface area contributed by atoms with Gasteiger partial charge in [0.15, 0.2) is 5.75 Å². The predicted octanol–water partition coefficient (Wildman–Crippen LogP) is 2.34. The Morgan fingerprint density at radius 2 is 2.04 bits per heavy atom. The molecule has 0 aliphatic carbocycles. The van der Waals surface area contributed by atoms with E-state index in [4.69, 9.17) is 9.47 Å². The molecule has 2 aliphatic heterocycles. The number of aliphatic hydroxyl groups excluding tert-OH is 1. The van der Waals surface area contributed by atoms with E-state index in [1.807, 2.05) is 4.90 Å². The van der Waals surface area contributed by atoms with Crippen LogP contribution in [0.25, 0.3) is 0 Å². The summed E-state index contributed by atoms with van der Waals surface area (Å²) >= 11 is 0. The van der Waals surface area contributed by atoms with Crippen LogP contribution in [-0.2, 0) is 11.2 Å². The third kappa shape index (κ3) is 4.30. The quantitative estimate of drug-likeness (QED) is 0.584. The Labute approximate surface area is 164 Å². The molecule has 1 aromatic rings. The van der Waals surface area contributed by atoms with Gasteiger partial charge in [0.1, 0.15) is 0 Å². The van der Waals surface area contributed by atoms with Crippen molar-refractivity contribution in [1.82, 2.24) is 4.90 Å². The van der Waals surface area contributed by atoms with Crippen LogP contribution in [0.2, 0.25) is 0 Å². The Kier molecular flexibility index (Phi) is 6.56. The number of nitro groups is 1. The highest BCUT2D eigenvalue weighted by atomic mass is 16.6.